The lowest BCUT2D eigenvalue weighted by Gasteiger charge is -2.14. The van der Waals surface area contributed by atoms with E-state index in [4.69, 9.17) is 0 Å². The molecule has 0 aromatic carbocycles. The van der Waals surface area contributed by atoms with Crippen LogP contribution in [0.25, 0.3) is 0 Å². The molecule has 0 heterocycles. The van der Waals surface area contributed by atoms with Crippen molar-refractivity contribution in [3.63, 3.8) is 0 Å². The van der Waals surface area contributed by atoms with Crippen LogP contribution in [-0.4, -0.2) is 54.1 Å². The summed E-state index contributed by atoms with van der Waals surface area (Å²) in [5.41, 5.74) is 0. The average molecular weight is 811 g/mol. The predicted molar refractivity (Wildman–Crippen MR) is 257 cm³/mol. The van der Waals surface area contributed by atoms with Gasteiger partial charge in [-0.15, -0.1) is 0 Å². The Morgan fingerprint density at radius 2 is 0.792 bits per heavy atom. The van der Waals surface area contributed by atoms with Crippen LogP contribution in [0.15, 0.2) is 0 Å². The molecule has 0 radical (unpaired) electrons. The van der Waals surface area contributed by atoms with Crippen LogP contribution in [-0.2, 0) is 32.8 Å². The first-order chi connectivity index (χ1) is 16.1. The molecular formula is C42H119N2O8P. The van der Waals surface area contributed by atoms with E-state index in [2.05, 4.69) is 33.5 Å². The number of Topliss-reactive ketones (excluding diaryl/α,β-unsaturated/α-hetero) is 2. The summed E-state index contributed by atoms with van der Waals surface area (Å²) in [4.78, 5) is 54.5. The lowest BCUT2D eigenvalue weighted by Crippen LogP contribution is -2.27. The van der Waals surface area contributed by atoms with E-state index in [1.54, 1.807) is 27.7 Å². The molecule has 0 aliphatic heterocycles. The summed E-state index contributed by atoms with van der Waals surface area (Å²) >= 11 is 0. The van der Waals surface area contributed by atoms with Crippen molar-refractivity contribution >= 4 is 31.2 Å². The Balaban J connectivity index is -0.0000000173. The third kappa shape index (κ3) is 94.2. The van der Waals surface area contributed by atoms with Gasteiger partial charge in [-0.2, -0.15) is 0 Å². The van der Waals surface area contributed by atoms with Crippen LogP contribution in [0.1, 0.15) is 221 Å². The molecule has 0 aromatic rings. The monoisotopic (exact) mass is 811 g/mol. The molecule has 0 aliphatic rings. The quantitative estimate of drug-likeness (QED) is 0.0971. The molecule has 0 aromatic heterocycles. The van der Waals surface area contributed by atoms with Crippen LogP contribution in [0.4, 0.5) is 0 Å². The molecule has 0 spiro atoms. The Kier molecular flexibility index (Phi) is 188. The first-order valence-electron chi connectivity index (χ1n) is 12.3. The van der Waals surface area contributed by atoms with Gasteiger partial charge in [0.25, 0.3) is 0 Å². The maximum atomic E-state index is 11.4. The Bertz CT molecular complexity index is 701. The molecule has 0 saturated heterocycles. The highest BCUT2D eigenvalue weighted by Crippen LogP contribution is 2.44. The third-order valence-corrected chi connectivity index (χ3v) is 5.75. The summed E-state index contributed by atoms with van der Waals surface area (Å²) in [5, 5.41) is 5.32. The van der Waals surface area contributed by atoms with Crippen molar-refractivity contribution in [1.82, 2.24) is 10.6 Å². The van der Waals surface area contributed by atoms with E-state index in [1.807, 2.05) is 13.8 Å². The van der Waals surface area contributed by atoms with Gasteiger partial charge in [0.05, 0.1) is 12.7 Å². The van der Waals surface area contributed by atoms with Gasteiger partial charge in [-0.1, -0.05) is 175 Å². The number of rotatable bonds is 17. The van der Waals surface area contributed by atoms with Gasteiger partial charge in [0.15, 0.2) is 0 Å². The maximum Gasteiger partial charge on any atom is 0.472 e. The Morgan fingerprint density at radius 3 is 1.04 bits per heavy atom. The molecule has 0 aliphatic carbocycles. The molecule has 1 unspecified atom stereocenters. The number of hydrogen-bond acceptors (Lipinski definition) is 7. The van der Waals surface area contributed by atoms with Gasteiger partial charge in [-0.3, -0.25) is 28.2 Å². The lowest BCUT2D eigenvalue weighted by molar-refractivity contribution is -0.126. The molecule has 2 amide bonds. The van der Waals surface area contributed by atoms with Gasteiger partial charge >= 0.3 is 7.82 Å². The second-order valence-electron chi connectivity index (χ2n) is 9.58. The first-order valence-corrected chi connectivity index (χ1v) is 13.8. The predicted octanol–water partition coefficient (Wildman–Crippen LogP) is 15.3. The highest BCUT2D eigenvalue weighted by Gasteiger charge is 2.22. The number of carbonyl (C=O) groups excluding carboxylic acids is 4. The second-order valence-corrected chi connectivity index (χ2v) is 11.0. The van der Waals surface area contributed by atoms with Crippen molar-refractivity contribution in [2.75, 3.05) is 19.7 Å². The normalized spacial score (nSPS) is 8.47. The SMILES string of the molecule is C.C.C.C.C.C.C.C.C.C.C.C.C.C.C.C.C.C.CC(C)CCNC(=O)CCC(=O)C(C)C.CC(C)OP(=O)(O)OCCNC(=O)CCC(=O)C(C)C. The van der Waals surface area contributed by atoms with Crippen LogP contribution in [0.2, 0.25) is 0 Å². The molecule has 0 rings (SSSR count). The molecule has 10 nitrogen and oxygen atoms in total. The molecular weight excluding hydrogens is 691 g/mol. The van der Waals surface area contributed by atoms with E-state index >= 15 is 0 Å². The van der Waals surface area contributed by atoms with Crippen molar-refractivity contribution in [3.05, 3.63) is 0 Å². The lowest BCUT2D eigenvalue weighted by atomic mass is 10.0. The highest BCUT2D eigenvalue weighted by atomic mass is 31.2. The van der Waals surface area contributed by atoms with Crippen molar-refractivity contribution in [2.45, 2.75) is 227 Å². The van der Waals surface area contributed by atoms with Crippen LogP contribution < -0.4 is 10.6 Å². The molecule has 53 heavy (non-hydrogen) atoms. The minimum Gasteiger partial charge on any atom is -0.356 e. The van der Waals surface area contributed by atoms with Gasteiger partial charge in [0.2, 0.25) is 11.8 Å². The van der Waals surface area contributed by atoms with E-state index < -0.39 is 13.9 Å². The largest absolute Gasteiger partial charge is 0.472 e. The zero-order chi connectivity index (χ0) is 27.6. The van der Waals surface area contributed by atoms with E-state index in [9.17, 15) is 28.6 Å². The Labute approximate surface area is 343 Å². The number of amides is 2. The fraction of sp³-hybridized carbons (Fsp3) is 0.905. The van der Waals surface area contributed by atoms with Crippen LogP contribution in [0.5, 0.6) is 0 Å². The number of phosphoric acid groups is 1. The smallest absolute Gasteiger partial charge is 0.356 e. The fourth-order valence-electron chi connectivity index (χ4n) is 2.38. The maximum absolute atomic E-state index is 11.4. The summed E-state index contributed by atoms with van der Waals surface area (Å²) in [6.45, 7) is 15.4. The van der Waals surface area contributed by atoms with Crippen LogP contribution in [0, 0.1) is 17.8 Å². The summed E-state index contributed by atoms with van der Waals surface area (Å²) in [6, 6.07) is 0. The Morgan fingerprint density at radius 1 is 0.509 bits per heavy atom. The molecule has 3 N–H and O–H groups in total. The summed E-state index contributed by atoms with van der Waals surface area (Å²) in [7, 11) is -4.06. The summed E-state index contributed by atoms with van der Waals surface area (Å²) < 4.78 is 20.7. The fourth-order valence-corrected chi connectivity index (χ4v) is 3.29. The van der Waals surface area contributed by atoms with Crippen molar-refractivity contribution in [2.24, 2.45) is 17.8 Å². The third-order valence-electron chi connectivity index (χ3n) is 4.55. The van der Waals surface area contributed by atoms with E-state index in [0.717, 1.165) is 6.42 Å². The molecule has 350 valence electrons. The van der Waals surface area contributed by atoms with Gasteiger partial charge < -0.3 is 15.5 Å². The molecule has 0 saturated carbocycles. The minimum atomic E-state index is -4.06. The summed E-state index contributed by atoms with van der Waals surface area (Å²) in [5.74, 6) is 0.441. The molecule has 11 heteroatoms. The van der Waals surface area contributed by atoms with Crippen LogP contribution >= 0.6 is 7.82 Å². The zero-order valence-electron chi connectivity index (χ0n) is 22.7. The standard InChI is InChI=1S/C12H24NO6P.C12H23NO2.18CH4/c1-9(2)11(14)5-6-12(15)13-7-8-18-20(16,17)19-10(3)4;1-9(2)7-8-13-12(15)6-5-11(14)10(3)4;;;;;;;;;;;;;;;;;;/h9-10H,5-8H2,1-4H3,(H,13,15)(H,16,17);9-10H,5-8H2,1-4H3,(H,13,15);18*1H4. The van der Waals surface area contributed by atoms with Gasteiger partial charge in [-0.05, 0) is 26.2 Å². The number of nitrogens with one attached hydrogen (secondary N) is 2. The van der Waals surface area contributed by atoms with Crippen molar-refractivity contribution in [3.8, 4) is 0 Å². The van der Waals surface area contributed by atoms with Crippen LogP contribution in [0.3, 0.4) is 0 Å². The molecule has 0 fully saturated rings. The summed E-state index contributed by atoms with van der Waals surface area (Å²) in [6.07, 6.45) is 1.56. The Hall–Kier alpha value is -1.61. The van der Waals surface area contributed by atoms with Gasteiger partial charge in [0.1, 0.15) is 11.6 Å². The number of carbonyl (C=O) groups is 4. The van der Waals surface area contributed by atoms with E-state index in [0.29, 0.717) is 25.3 Å². The van der Waals surface area contributed by atoms with Crippen molar-refractivity contribution in [1.29, 1.82) is 0 Å². The van der Waals surface area contributed by atoms with E-state index in [1.165, 1.54) is 0 Å². The zero-order valence-corrected chi connectivity index (χ0v) is 23.6. The average Bonchev–Trinajstić information content (AvgIpc) is 2.72. The number of hydrogen-bond donors (Lipinski definition) is 3. The number of phosphoric ester groups is 1. The van der Waals surface area contributed by atoms with Gasteiger partial charge in [-0.25, -0.2) is 4.57 Å². The second kappa shape index (κ2) is 75.3. The first kappa shape index (κ1) is 132. The van der Waals surface area contributed by atoms with Crippen molar-refractivity contribution < 1.29 is 37.7 Å². The van der Waals surface area contributed by atoms with E-state index in [-0.39, 0.29) is 195 Å². The molecule has 1 atom stereocenters. The minimum absolute atomic E-state index is 0. The highest BCUT2D eigenvalue weighted by molar-refractivity contribution is 7.47. The topological polar surface area (TPSA) is 148 Å². The van der Waals surface area contributed by atoms with Gasteiger partial charge in [0, 0.05) is 50.6 Å². The molecule has 0 bridgehead atoms. The number of ketones is 2.